The molecule has 0 bridgehead atoms. The van der Waals surface area contributed by atoms with Crippen LogP contribution in [-0.2, 0) is 11.2 Å². The van der Waals surface area contributed by atoms with Gasteiger partial charge in [-0.05, 0) is 56.0 Å². The van der Waals surface area contributed by atoms with Gasteiger partial charge in [0.2, 0.25) is 0 Å². The highest BCUT2D eigenvalue weighted by Gasteiger charge is 2.08. The Morgan fingerprint density at radius 1 is 1.17 bits per heavy atom. The van der Waals surface area contributed by atoms with Crippen LogP contribution in [0.2, 0.25) is 0 Å². The van der Waals surface area contributed by atoms with E-state index in [1.807, 2.05) is 0 Å². The van der Waals surface area contributed by atoms with Crippen molar-refractivity contribution in [3.05, 3.63) is 32.8 Å². The van der Waals surface area contributed by atoms with E-state index in [2.05, 4.69) is 55.0 Å². The maximum atomic E-state index is 5.64. The first-order valence-electron chi connectivity index (χ1n) is 6.61. The molecule has 0 saturated carbocycles. The Kier molecular flexibility index (Phi) is 6.90. The van der Waals surface area contributed by atoms with Crippen molar-refractivity contribution < 1.29 is 4.74 Å². The number of halogens is 1. The van der Waals surface area contributed by atoms with Crippen LogP contribution in [0.1, 0.15) is 29.2 Å². The Labute approximate surface area is 119 Å². The molecule has 1 rings (SSSR count). The van der Waals surface area contributed by atoms with Crippen molar-refractivity contribution in [2.75, 3.05) is 26.3 Å². The summed E-state index contributed by atoms with van der Waals surface area (Å²) in [7, 11) is 0. The molecule has 102 valence electrons. The average molecular weight is 314 g/mol. The van der Waals surface area contributed by atoms with Gasteiger partial charge in [-0.25, -0.2) is 0 Å². The van der Waals surface area contributed by atoms with Gasteiger partial charge < -0.3 is 10.1 Å². The number of benzene rings is 1. The summed E-state index contributed by atoms with van der Waals surface area (Å²) in [5.74, 6) is 0. The van der Waals surface area contributed by atoms with Crippen LogP contribution in [0.4, 0.5) is 0 Å². The molecule has 0 saturated heterocycles. The second-order valence-electron chi connectivity index (χ2n) is 4.64. The van der Waals surface area contributed by atoms with Crippen LogP contribution in [0.5, 0.6) is 0 Å². The number of hydrogen-bond acceptors (Lipinski definition) is 2. The van der Waals surface area contributed by atoms with Crippen molar-refractivity contribution in [2.24, 2.45) is 0 Å². The van der Waals surface area contributed by atoms with Crippen LogP contribution >= 0.6 is 15.9 Å². The first kappa shape index (κ1) is 15.7. The number of rotatable bonds is 7. The second-order valence-corrected chi connectivity index (χ2v) is 5.44. The van der Waals surface area contributed by atoms with E-state index in [1.54, 1.807) is 0 Å². The standard InChI is InChI=1S/C15H24BrNO/c1-5-17-7-9-18-8-6-14-11(2)10-12(3)15(16)13(14)4/h10,17H,5-9H2,1-4H3. The van der Waals surface area contributed by atoms with Gasteiger partial charge in [0.1, 0.15) is 0 Å². The molecule has 0 heterocycles. The molecule has 1 N–H and O–H groups in total. The van der Waals surface area contributed by atoms with E-state index in [-0.39, 0.29) is 0 Å². The van der Waals surface area contributed by atoms with Gasteiger partial charge in [-0.15, -0.1) is 0 Å². The topological polar surface area (TPSA) is 21.3 Å². The summed E-state index contributed by atoms with van der Waals surface area (Å²) < 4.78 is 6.87. The van der Waals surface area contributed by atoms with E-state index in [9.17, 15) is 0 Å². The minimum atomic E-state index is 0.791. The van der Waals surface area contributed by atoms with Crippen molar-refractivity contribution >= 4 is 15.9 Å². The molecule has 0 unspecified atom stereocenters. The predicted molar refractivity (Wildman–Crippen MR) is 81.4 cm³/mol. The van der Waals surface area contributed by atoms with Gasteiger partial charge in [0.25, 0.3) is 0 Å². The maximum Gasteiger partial charge on any atom is 0.0591 e. The van der Waals surface area contributed by atoms with Crippen molar-refractivity contribution in [3.8, 4) is 0 Å². The smallest absolute Gasteiger partial charge is 0.0591 e. The van der Waals surface area contributed by atoms with Crippen LogP contribution in [0.3, 0.4) is 0 Å². The Morgan fingerprint density at radius 2 is 1.89 bits per heavy atom. The average Bonchev–Trinajstić information content (AvgIpc) is 2.34. The molecule has 18 heavy (non-hydrogen) atoms. The first-order chi connectivity index (χ1) is 8.57. The van der Waals surface area contributed by atoms with Crippen molar-refractivity contribution in [1.82, 2.24) is 5.32 Å². The zero-order valence-corrected chi connectivity index (χ0v) is 13.5. The largest absolute Gasteiger partial charge is 0.380 e. The van der Waals surface area contributed by atoms with Gasteiger partial charge in [-0.2, -0.15) is 0 Å². The van der Waals surface area contributed by atoms with Crippen molar-refractivity contribution in [3.63, 3.8) is 0 Å². The van der Waals surface area contributed by atoms with Crippen molar-refractivity contribution in [2.45, 2.75) is 34.1 Å². The highest BCUT2D eigenvalue weighted by molar-refractivity contribution is 9.10. The first-order valence-corrected chi connectivity index (χ1v) is 7.40. The second kappa shape index (κ2) is 7.93. The van der Waals surface area contributed by atoms with Gasteiger partial charge >= 0.3 is 0 Å². The number of ether oxygens (including phenoxy) is 1. The lowest BCUT2D eigenvalue weighted by Crippen LogP contribution is -2.19. The summed E-state index contributed by atoms with van der Waals surface area (Å²) in [6.45, 7) is 12.1. The monoisotopic (exact) mass is 313 g/mol. The molecule has 0 fully saturated rings. The lowest BCUT2D eigenvalue weighted by atomic mass is 9.98. The Hall–Kier alpha value is -0.380. The number of aryl methyl sites for hydroxylation is 2. The van der Waals surface area contributed by atoms with Crippen LogP contribution in [-0.4, -0.2) is 26.3 Å². The van der Waals surface area contributed by atoms with E-state index in [0.717, 1.165) is 32.7 Å². The summed E-state index contributed by atoms with van der Waals surface area (Å²) in [4.78, 5) is 0. The van der Waals surface area contributed by atoms with E-state index in [1.165, 1.54) is 26.7 Å². The fourth-order valence-corrected chi connectivity index (χ4v) is 2.54. The molecule has 0 spiro atoms. The Balaban J connectivity index is 2.50. The summed E-state index contributed by atoms with van der Waals surface area (Å²) >= 11 is 3.66. The maximum absolute atomic E-state index is 5.64. The zero-order valence-electron chi connectivity index (χ0n) is 11.9. The summed E-state index contributed by atoms with van der Waals surface area (Å²) in [5, 5.41) is 3.25. The van der Waals surface area contributed by atoms with E-state index < -0.39 is 0 Å². The summed E-state index contributed by atoms with van der Waals surface area (Å²) in [6.07, 6.45) is 0.989. The van der Waals surface area contributed by atoms with Crippen LogP contribution < -0.4 is 5.32 Å². The molecular weight excluding hydrogens is 290 g/mol. The molecule has 0 aliphatic rings. The molecule has 2 nitrogen and oxygen atoms in total. The van der Waals surface area contributed by atoms with Crippen molar-refractivity contribution in [1.29, 1.82) is 0 Å². The van der Waals surface area contributed by atoms with Crippen LogP contribution in [0.25, 0.3) is 0 Å². The highest BCUT2D eigenvalue weighted by Crippen LogP contribution is 2.27. The van der Waals surface area contributed by atoms with E-state index in [0.29, 0.717) is 0 Å². The fourth-order valence-electron chi connectivity index (χ4n) is 2.18. The summed E-state index contributed by atoms with van der Waals surface area (Å²) in [6, 6.07) is 2.24. The molecule has 0 aliphatic carbocycles. The van der Waals surface area contributed by atoms with E-state index in [4.69, 9.17) is 4.74 Å². The molecule has 0 aromatic heterocycles. The molecule has 1 aromatic carbocycles. The number of likely N-dealkylation sites (N-methyl/N-ethyl adjacent to an activating group) is 1. The third-order valence-electron chi connectivity index (χ3n) is 3.21. The molecule has 3 heteroatoms. The highest BCUT2D eigenvalue weighted by atomic mass is 79.9. The van der Waals surface area contributed by atoms with Gasteiger partial charge in [0, 0.05) is 11.0 Å². The van der Waals surface area contributed by atoms with Gasteiger partial charge in [-0.1, -0.05) is 28.9 Å². The Morgan fingerprint density at radius 3 is 2.56 bits per heavy atom. The molecule has 1 aromatic rings. The third-order valence-corrected chi connectivity index (χ3v) is 4.43. The SMILES string of the molecule is CCNCCOCCc1c(C)cc(C)c(Br)c1C. The third kappa shape index (κ3) is 4.38. The fraction of sp³-hybridized carbons (Fsp3) is 0.600. The normalized spacial score (nSPS) is 10.9. The quantitative estimate of drug-likeness (QED) is 0.777. The predicted octanol–water partition coefficient (Wildman–Crippen LogP) is 3.54. The molecule has 0 radical (unpaired) electrons. The molecule has 0 atom stereocenters. The van der Waals surface area contributed by atoms with Crippen LogP contribution in [0.15, 0.2) is 10.5 Å². The number of nitrogens with one attached hydrogen (secondary N) is 1. The lowest BCUT2D eigenvalue weighted by Gasteiger charge is -2.14. The molecular formula is C15H24BrNO. The molecule has 0 amide bonds. The minimum absolute atomic E-state index is 0.791. The summed E-state index contributed by atoms with van der Waals surface area (Å²) in [5.41, 5.74) is 5.43. The van der Waals surface area contributed by atoms with Gasteiger partial charge in [-0.3, -0.25) is 0 Å². The number of hydrogen-bond donors (Lipinski definition) is 1. The Bertz CT molecular complexity index is 391. The van der Waals surface area contributed by atoms with Crippen LogP contribution in [0, 0.1) is 20.8 Å². The van der Waals surface area contributed by atoms with E-state index >= 15 is 0 Å². The van der Waals surface area contributed by atoms with Gasteiger partial charge in [0.15, 0.2) is 0 Å². The zero-order chi connectivity index (χ0) is 13.5. The molecule has 0 aliphatic heterocycles. The van der Waals surface area contributed by atoms with Gasteiger partial charge in [0.05, 0.1) is 13.2 Å². The minimum Gasteiger partial charge on any atom is -0.380 e. The lowest BCUT2D eigenvalue weighted by molar-refractivity contribution is 0.139.